The van der Waals surface area contributed by atoms with Crippen LogP contribution in [-0.4, -0.2) is 59.6 Å². The summed E-state index contributed by atoms with van der Waals surface area (Å²) in [6.07, 6.45) is 3.00. The van der Waals surface area contributed by atoms with Crippen LogP contribution in [0.25, 0.3) is 0 Å². The lowest BCUT2D eigenvalue weighted by Gasteiger charge is -2.26. The van der Waals surface area contributed by atoms with Crippen LogP contribution in [0.15, 0.2) is 64.3 Å². The minimum atomic E-state index is -1.07. The maximum Gasteiger partial charge on any atom is 0.256 e. The molecule has 1 atom stereocenters. The molecule has 0 radical (unpaired) electrons. The van der Waals surface area contributed by atoms with Gasteiger partial charge in [-0.25, -0.2) is 4.39 Å². The van der Waals surface area contributed by atoms with Gasteiger partial charge in [-0.2, -0.15) is 0 Å². The van der Waals surface area contributed by atoms with Crippen LogP contribution in [0.3, 0.4) is 0 Å². The average Bonchev–Trinajstić information content (AvgIpc) is 2.65. The highest BCUT2D eigenvalue weighted by Crippen LogP contribution is 2.17. The number of aliphatic hydroxyl groups excluding tert-OH is 2. The number of hydrogen-bond donors (Lipinski definition) is 3. The van der Waals surface area contributed by atoms with Crippen LogP contribution in [0.2, 0.25) is 0 Å². The standard InChI is InChI=1S/C21H26FN3O3/c1-14-10-24-11-17(9-16-3-5-18(22)6-4-16)7-8-25(12-19(27)13-26)21(28)20(14)15(2)23/h3-7,11,19,26-27H,2,8-10,12-13,23H2,1H3/b17-7-,20-14-,24-11?. The normalized spacial score (nSPS) is 21.2. The minimum Gasteiger partial charge on any atom is -0.399 e. The molecule has 0 saturated carbocycles. The Hall–Kier alpha value is -2.77. The first-order valence-electron chi connectivity index (χ1n) is 8.97. The van der Waals surface area contributed by atoms with Crippen molar-refractivity contribution in [1.82, 2.24) is 4.90 Å². The lowest BCUT2D eigenvalue weighted by atomic mass is 10.0. The van der Waals surface area contributed by atoms with Gasteiger partial charge in [-0.15, -0.1) is 0 Å². The van der Waals surface area contributed by atoms with E-state index < -0.39 is 12.7 Å². The Labute approximate surface area is 164 Å². The van der Waals surface area contributed by atoms with Crippen molar-refractivity contribution in [3.05, 3.63) is 70.7 Å². The van der Waals surface area contributed by atoms with Gasteiger partial charge in [-0.1, -0.05) is 24.8 Å². The zero-order valence-electron chi connectivity index (χ0n) is 15.9. The molecule has 6 nitrogen and oxygen atoms in total. The van der Waals surface area contributed by atoms with Crippen LogP contribution in [0.4, 0.5) is 4.39 Å². The van der Waals surface area contributed by atoms with Gasteiger partial charge in [0.2, 0.25) is 0 Å². The van der Waals surface area contributed by atoms with Gasteiger partial charge >= 0.3 is 0 Å². The van der Waals surface area contributed by atoms with Gasteiger partial charge < -0.3 is 20.8 Å². The number of nitrogens with zero attached hydrogens (tertiary/aromatic N) is 2. The number of allylic oxidation sites excluding steroid dienone is 1. The SMILES string of the molecule is C=C(N)/C1=C(\C)CN=C/C(Cc2ccc(F)cc2)=C\CN(CC(O)CO)C1=O. The van der Waals surface area contributed by atoms with Crippen LogP contribution < -0.4 is 5.73 Å². The number of carbonyl (C=O) groups is 1. The van der Waals surface area contributed by atoms with Crippen molar-refractivity contribution < 1.29 is 19.4 Å². The van der Waals surface area contributed by atoms with E-state index in [1.165, 1.54) is 17.0 Å². The lowest BCUT2D eigenvalue weighted by Crippen LogP contribution is -2.41. The summed E-state index contributed by atoms with van der Waals surface area (Å²) in [4.78, 5) is 18.8. The molecule has 1 aliphatic heterocycles. The highest BCUT2D eigenvalue weighted by Gasteiger charge is 2.23. The summed E-state index contributed by atoms with van der Waals surface area (Å²) in [5, 5.41) is 19.0. The second-order valence-electron chi connectivity index (χ2n) is 6.78. The fourth-order valence-electron chi connectivity index (χ4n) is 2.92. The van der Waals surface area contributed by atoms with Crippen LogP contribution in [0, 0.1) is 5.82 Å². The summed E-state index contributed by atoms with van der Waals surface area (Å²) < 4.78 is 13.1. The fraction of sp³-hybridized carbons (Fsp3) is 0.333. The summed E-state index contributed by atoms with van der Waals surface area (Å²) in [7, 11) is 0. The van der Waals surface area contributed by atoms with E-state index in [0.717, 1.165) is 11.1 Å². The first-order chi connectivity index (χ1) is 13.3. The van der Waals surface area contributed by atoms with Gasteiger partial charge in [-0.3, -0.25) is 9.79 Å². The molecule has 0 spiro atoms. The Bertz CT molecular complexity index is 813. The van der Waals surface area contributed by atoms with Crippen molar-refractivity contribution in [3.63, 3.8) is 0 Å². The molecule has 1 aromatic rings. The van der Waals surface area contributed by atoms with Gasteiger partial charge in [0.15, 0.2) is 0 Å². The van der Waals surface area contributed by atoms with E-state index in [2.05, 4.69) is 11.6 Å². The van der Waals surface area contributed by atoms with Crippen molar-refractivity contribution >= 4 is 12.1 Å². The molecule has 0 aromatic heterocycles. The number of β-amino-alcohol motifs (C(OH)–C–C–N with tert-alkyl or cyclic N) is 1. The molecular formula is C21H26FN3O3. The van der Waals surface area contributed by atoms with Gasteiger partial charge in [0, 0.05) is 25.0 Å². The molecule has 150 valence electrons. The van der Waals surface area contributed by atoms with Crippen LogP contribution in [0.1, 0.15) is 12.5 Å². The second-order valence-corrected chi connectivity index (χ2v) is 6.78. The molecule has 1 aromatic carbocycles. The van der Waals surface area contributed by atoms with Crippen LogP contribution in [0.5, 0.6) is 0 Å². The topological polar surface area (TPSA) is 99.2 Å². The number of halogens is 1. The fourth-order valence-corrected chi connectivity index (χ4v) is 2.92. The molecule has 7 heteroatoms. The number of hydrogen-bond acceptors (Lipinski definition) is 5. The lowest BCUT2D eigenvalue weighted by molar-refractivity contribution is -0.128. The van der Waals surface area contributed by atoms with Crippen molar-refractivity contribution in [2.45, 2.75) is 19.4 Å². The Morgan fingerprint density at radius 1 is 1.39 bits per heavy atom. The van der Waals surface area contributed by atoms with Crippen molar-refractivity contribution in [2.75, 3.05) is 26.2 Å². The maximum atomic E-state index is 13.1. The van der Waals surface area contributed by atoms with E-state index in [0.29, 0.717) is 12.0 Å². The Morgan fingerprint density at radius 2 is 2.07 bits per heavy atom. The largest absolute Gasteiger partial charge is 0.399 e. The predicted molar refractivity (Wildman–Crippen MR) is 107 cm³/mol. The highest BCUT2D eigenvalue weighted by molar-refractivity contribution is 5.98. The van der Waals surface area contributed by atoms with E-state index in [1.54, 1.807) is 25.3 Å². The highest BCUT2D eigenvalue weighted by atomic mass is 19.1. The average molecular weight is 387 g/mol. The first-order valence-corrected chi connectivity index (χ1v) is 8.97. The summed E-state index contributed by atoms with van der Waals surface area (Å²) in [5.41, 5.74) is 8.66. The van der Waals surface area contributed by atoms with Crippen molar-refractivity contribution in [3.8, 4) is 0 Å². The van der Waals surface area contributed by atoms with E-state index in [-0.39, 0.29) is 42.6 Å². The van der Waals surface area contributed by atoms with E-state index >= 15 is 0 Å². The first kappa shape index (κ1) is 21.5. The number of amides is 1. The molecule has 2 rings (SSSR count). The molecule has 1 amide bonds. The zero-order valence-corrected chi connectivity index (χ0v) is 15.9. The summed E-state index contributed by atoms with van der Waals surface area (Å²) >= 11 is 0. The minimum absolute atomic E-state index is 0.0448. The number of aliphatic imine (C=N–C) groups is 1. The second kappa shape index (κ2) is 9.96. The summed E-state index contributed by atoms with van der Waals surface area (Å²) in [5.74, 6) is -0.672. The Kier molecular flexibility index (Phi) is 7.66. The molecule has 4 N–H and O–H groups in total. The van der Waals surface area contributed by atoms with Gasteiger partial charge in [0.25, 0.3) is 5.91 Å². The summed E-state index contributed by atoms with van der Waals surface area (Å²) in [6.45, 7) is 5.40. The number of nitrogens with two attached hydrogens (primary N) is 1. The monoisotopic (exact) mass is 387 g/mol. The van der Waals surface area contributed by atoms with E-state index in [9.17, 15) is 14.3 Å². The molecule has 0 fully saturated rings. The maximum absolute atomic E-state index is 13.1. The quantitative estimate of drug-likeness (QED) is 0.686. The number of benzene rings is 1. The molecule has 0 bridgehead atoms. The Morgan fingerprint density at radius 3 is 2.68 bits per heavy atom. The van der Waals surface area contributed by atoms with E-state index in [4.69, 9.17) is 10.8 Å². The molecule has 1 aliphatic rings. The molecule has 0 aliphatic carbocycles. The smallest absolute Gasteiger partial charge is 0.256 e. The molecule has 28 heavy (non-hydrogen) atoms. The van der Waals surface area contributed by atoms with Gasteiger partial charge in [-0.05, 0) is 42.2 Å². The third-order valence-corrected chi connectivity index (χ3v) is 4.37. The third kappa shape index (κ3) is 5.87. The van der Waals surface area contributed by atoms with Crippen molar-refractivity contribution in [1.29, 1.82) is 0 Å². The summed E-state index contributed by atoms with van der Waals surface area (Å²) in [6, 6.07) is 6.19. The predicted octanol–water partition coefficient (Wildman–Crippen LogP) is 1.35. The van der Waals surface area contributed by atoms with Gasteiger partial charge in [0.05, 0.1) is 24.8 Å². The van der Waals surface area contributed by atoms with Gasteiger partial charge in [0.1, 0.15) is 5.82 Å². The number of rotatable bonds is 6. The molecule has 1 unspecified atom stereocenters. The molecule has 0 saturated heterocycles. The van der Waals surface area contributed by atoms with Crippen LogP contribution >= 0.6 is 0 Å². The molecule has 1 heterocycles. The Balaban J connectivity index is 2.35. The number of aliphatic hydroxyl groups is 2. The van der Waals surface area contributed by atoms with Crippen LogP contribution in [-0.2, 0) is 11.2 Å². The van der Waals surface area contributed by atoms with E-state index in [1.807, 2.05) is 6.08 Å². The number of carbonyl (C=O) groups excluding carboxylic acids is 1. The zero-order chi connectivity index (χ0) is 20.7. The third-order valence-electron chi connectivity index (χ3n) is 4.37. The van der Waals surface area contributed by atoms with Crippen molar-refractivity contribution in [2.24, 2.45) is 10.7 Å². The molecular weight excluding hydrogens is 361 g/mol.